The number of fused-ring (bicyclic) bond motifs is 1. The Bertz CT molecular complexity index is 1290. The summed E-state index contributed by atoms with van der Waals surface area (Å²) in [6.07, 6.45) is 2.06. The minimum atomic E-state index is -0.681. The number of rotatable bonds is 4. The van der Waals surface area contributed by atoms with Gasteiger partial charge in [-0.25, -0.2) is 4.68 Å². The number of piperazine rings is 1. The highest BCUT2D eigenvalue weighted by Crippen LogP contribution is 2.29. The van der Waals surface area contributed by atoms with Crippen molar-refractivity contribution in [2.45, 2.75) is 51.4 Å². The number of nitriles is 1. The quantitative estimate of drug-likeness (QED) is 0.469. The first-order valence-corrected chi connectivity index (χ1v) is 11.9. The van der Waals surface area contributed by atoms with Crippen LogP contribution in [-0.2, 0) is 16.1 Å². The third-order valence-electron chi connectivity index (χ3n) is 7.13. The monoisotopic (exact) mass is 490 g/mol. The van der Waals surface area contributed by atoms with Crippen LogP contribution in [0.15, 0.2) is 24.4 Å². The number of carbonyl (C=O) groups excluding carboxylic acids is 4. The van der Waals surface area contributed by atoms with Crippen molar-refractivity contribution in [3.8, 4) is 11.8 Å². The first-order valence-electron chi connectivity index (χ1n) is 11.9. The second kappa shape index (κ2) is 9.16. The summed E-state index contributed by atoms with van der Waals surface area (Å²) >= 11 is 0. The normalized spacial score (nSPS) is 24.5. The molecule has 1 aromatic heterocycles. The number of piperidine rings is 1. The Balaban J connectivity index is 1.31. The molecule has 1 aromatic carbocycles. The maximum atomic E-state index is 13.1. The van der Waals surface area contributed by atoms with E-state index >= 15 is 0 Å². The topological polar surface area (TPSA) is 145 Å². The molecular formula is C24H26N8O4. The molecule has 2 aromatic rings. The third-order valence-corrected chi connectivity index (χ3v) is 7.13. The molecule has 0 bridgehead atoms. The molecule has 3 aliphatic rings. The molecule has 4 amide bonds. The van der Waals surface area contributed by atoms with Gasteiger partial charge in [-0.2, -0.15) is 5.26 Å². The fourth-order valence-corrected chi connectivity index (χ4v) is 5.27. The van der Waals surface area contributed by atoms with Gasteiger partial charge < -0.3 is 9.80 Å². The van der Waals surface area contributed by atoms with E-state index in [9.17, 15) is 19.2 Å². The second-order valence-corrected chi connectivity index (χ2v) is 9.53. The Morgan fingerprint density at radius 3 is 2.64 bits per heavy atom. The maximum absolute atomic E-state index is 13.1. The van der Waals surface area contributed by atoms with E-state index in [2.05, 4.69) is 26.6 Å². The Morgan fingerprint density at radius 1 is 1.19 bits per heavy atom. The van der Waals surface area contributed by atoms with E-state index in [1.807, 2.05) is 13.8 Å². The highest BCUT2D eigenvalue weighted by Gasteiger charge is 2.39. The van der Waals surface area contributed by atoms with Gasteiger partial charge in [0.1, 0.15) is 6.04 Å². The molecule has 3 atom stereocenters. The second-order valence-electron chi connectivity index (χ2n) is 9.53. The fraction of sp³-hybridized carbons (Fsp3) is 0.458. The molecule has 3 unspecified atom stereocenters. The van der Waals surface area contributed by atoms with E-state index in [0.717, 1.165) is 5.56 Å². The van der Waals surface area contributed by atoms with Crippen LogP contribution in [-0.4, -0.2) is 91.1 Å². The van der Waals surface area contributed by atoms with Gasteiger partial charge >= 0.3 is 0 Å². The summed E-state index contributed by atoms with van der Waals surface area (Å²) in [6.45, 7) is 5.55. The highest BCUT2D eigenvalue weighted by atomic mass is 16.2. The lowest BCUT2D eigenvalue weighted by Crippen LogP contribution is -2.58. The molecule has 0 radical (unpaired) electrons. The lowest BCUT2D eigenvalue weighted by atomic mass is 10.0. The lowest BCUT2D eigenvalue weighted by molar-refractivity contribution is -0.136. The van der Waals surface area contributed by atoms with E-state index < -0.39 is 11.9 Å². The van der Waals surface area contributed by atoms with Crippen molar-refractivity contribution >= 4 is 23.6 Å². The number of nitrogens with zero attached hydrogens (tertiary/aromatic N) is 7. The van der Waals surface area contributed by atoms with Crippen LogP contribution >= 0.6 is 0 Å². The predicted octanol–water partition coefficient (Wildman–Crippen LogP) is 0.0867. The Kier molecular flexibility index (Phi) is 6.01. The van der Waals surface area contributed by atoms with Crippen molar-refractivity contribution in [1.82, 2.24) is 35.0 Å². The number of imide groups is 1. The molecule has 12 nitrogen and oxygen atoms in total. The lowest BCUT2D eigenvalue weighted by Gasteiger charge is -2.43. The van der Waals surface area contributed by atoms with Crippen LogP contribution in [0.25, 0.3) is 5.69 Å². The van der Waals surface area contributed by atoms with Crippen molar-refractivity contribution in [2.24, 2.45) is 0 Å². The van der Waals surface area contributed by atoms with E-state index in [1.54, 1.807) is 29.3 Å². The van der Waals surface area contributed by atoms with Crippen LogP contribution in [0.1, 0.15) is 53.1 Å². The molecule has 1 N–H and O–H groups in total. The predicted molar refractivity (Wildman–Crippen MR) is 125 cm³/mol. The Morgan fingerprint density at radius 2 is 1.94 bits per heavy atom. The highest BCUT2D eigenvalue weighted by molar-refractivity contribution is 6.05. The van der Waals surface area contributed by atoms with Crippen LogP contribution in [0.5, 0.6) is 0 Å². The average Bonchev–Trinajstić information content (AvgIpc) is 3.46. The summed E-state index contributed by atoms with van der Waals surface area (Å²) in [5.41, 5.74) is 2.09. The first-order chi connectivity index (χ1) is 17.3. The summed E-state index contributed by atoms with van der Waals surface area (Å²) in [7, 11) is 0. The molecule has 0 aliphatic carbocycles. The minimum absolute atomic E-state index is 0.0500. The number of nitrogens with one attached hydrogen (secondary N) is 1. The molecule has 186 valence electrons. The van der Waals surface area contributed by atoms with Gasteiger partial charge in [-0.3, -0.25) is 29.4 Å². The third kappa shape index (κ3) is 4.11. The van der Waals surface area contributed by atoms with Gasteiger partial charge in [0.05, 0.1) is 24.5 Å². The van der Waals surface area contributed by atoms with E-state index in [4.69, 9.17) is 5.26 Å². The molecule has 2 fully saturated rings. The van der Waals surface area contributed by atoms with Gasteiger partial charge in [-0.15, -0.1) is 5.10 Å². The molecular weight excluding hydrogens is 464 g/mol. The van der Waals surface area contributed by atoms with Crippen molar-refractivity contribution in [3.63, 3.8) is 0 Å². The van der Waals surface area contributed by atoms with Gasteiger partial charge in [-0.05, 0) is 44.0 Å². The zero-order valence-corrected chi connectivity index (χ0v) is 20.0. The van der Waals surface area contributed by atoms with E-state index in [-0.39, 0.29) is 48.5 Å². The van der Waals surface area contributed by atoms with Crippen LogP contribution in [0, 0.1) is 11.3 Å². The molecule has 4 heterocycles. The van der Waals surface area contributed by atoms with Crippen molar-refractivity contribution < 1.29 is 19.2 Å². The zero-order valence-electron chi connectivity index (χ0n) is 20.0. The number of hydrogen-bond donors (Lipinski definition) is 1. The standard InChI is InChI=1S/C24H26N8O4/c1-14-10-29(11-15(2)30(14)8-7-25)24(36)19-13-32(28-27-19)17-3-4-18-16(9-17)12-31(23(18)35)20-5-6-21(33)26-22(20)34/h3-4,9,13-15,20H,5-6,8,10-12H2,1-2H3,(H,26,33,34). The summed E-state index contributed by atoms with van der Waals surface area (Å²) in [4.78, 5) is 55.1. The smallest absolute Gasteiger partial charge is 0.276 e. The first kappa shape index (κ1) is 23.6. The van der Waals surface area contributed by atoms with Crippen molar-refractivity contribution in [2.75, 3.05) is 19.6 Å². The fourth-order valence-electron chi connectivity index (χ4n) is 5.27. The van der Waals surface area contributed by atoms with Crippen LogP contribution in [0.4, 0.5) is 0 Å². The zero-order chi connectivity index (χ0) is 25.6. The van der Waals surface area contributed by atoms with Gasteiger partial charge in [-0.1, -0.05) is 5.21 Å². The molecule has 0 spiro atoms. The summed E-state index contributed by atoms with van der Waals surface area (Å²) in [5.74, 6) is -1.26. The molecule has 36 heavy (non-hydrogen) atoms. The Hall–Kier alpha value is -4.11. The summed E-state index contributed by atoms with van der Waals surface area (Å²) in [5, 5.41) is 19.6. The minimum Gasteiger partial charge on any atom is -0.334 e. The van der Waals surface area contributed by atoms with Gasteiger partial charge in [0.2, 0.25) is 11.8 Å². The van der Waals surface area contributed by atoms with Crippen molar-refractivity contribution in [1.29, 1.82) is 5.26 Å². The number of hydrogen-bond acceptors (Lipinski definition) is 8. The van der Waals surface area contributed by atoms with Crippen molar-refractivity contribution in [3.05, 3.63) is 41.2 Å². The molecule has 2 saturated heterocycles. The maximum Gasteiger partial charge on any atom is 0.276 e. The number of amides is 4. The SMILES string of the molecule is CC1CN(C(=O)c2cn(-c3ccc4c(c3)CN(C3CCC(=O)NC3=O)C4=O)nn2)CC(C)N1CC#N. The van der Waals surface area contributed by atoms with E-state index in [1.165, 1.54) is 9.58 Å². The Labute approximate surface area is 207 Å². The average molecular weight is 491 g/mol. The molecule has 3 aliphatic heterocycles. The van der Waals surface area contributed by atoms with E-state index in [0.29, 0.717) is 37.3 Å². The van der Waals surface area contributed by atoms with Crippen LogP contribution in [0.3, 0.4) is 0 Å². The summed E-state index contributed by atoms with van der Waals surface area (Å²) in [6, 6.07) is 6.80. The van der Waals surface area contributed by atoms with Gasteiger partial charge in [0, 0.05) is 43.7 Å². The molecule has 5 rings (SSSR count). The number of carbonyl (C=O) groups is 4. The van der Waals surface area contributed by atoms with Crippen LogP contribution < -0.4 is 5.32 Å². The van der Waals surface area contributed by atoms with Crippen LogP contribution in [0.2, 0.25) is 0 Å². The van der Waals surface area contributed by atoms with Gasteiger partial charge in [0.25, 0.3) is 11.8 Å². The number of benzene rings is 1. The summed E-state index contributed by atoms with van der Waals surface area (Å²) < 4.78 is 1.49. The van der Waals surface area contributed by atoms with Gasteiger partial charge in [0.15, 0.2) is 5.69 Å². The molecule has 0 saturated carbocycles. The number of aromatic nitrogens is 3. The largest absolute Gasteiger partial charge is 0.334 e. The molecule has 12 heteroatoms.